The van der Waals surface area contributed by atoms with Crippen molar-refractivity contribution in [3.63, 3.8) is 0 Å². The van der Waals surface area contributed by atoms with Crippen LogP contribution in [0.15, 0.2) is 4.99 Å². The van der Waals surface area contributed by atoms with Crippen LogP contribution in [0.1, 0.15) is 187 Å². The van der Waals surface area contributed by atoms with E-state index in [0.29, 0.717) is 79.2 Å². The molecule has 60 heavy (non-hydrogen) atoms. The monoisotopic (exact) mass is 851 g/mol. The van der Waals surface area contributed by atoms with Gasteiger partial charge in [-0.25, -0.2) is 0 Å². The van der Waals surface area contributed by atoms with Gasteiger partial charge in [-0.2, -0.15) is 8.42 Å². The van der Waals surface area contributed by atoms with Crippen LogP contribution in [0, 0.1) is 47.3 Å². The summed E-state index contributed by atoms with van der Waals surface area (Å²) in [7, 11) is -3.91. The second kappa shape index (κ2) is 18.6. The van der Waals surface area contributed by atoms with Crippen molar-refractivity contribution in [1.82, 2.24) is 26.2 Å². The minimum Gasteiger partial charge on any atom is -0.355 e. The van der Waals surface area contributed by atoms with Gasteiger partial charge >= 0.3 is 0 Å². The Morgan fingerprint density at radius 2 is 1.00 bits per heavy atom. The van der Waals surface area contributed by atoms with E-state index in [1.54, 1.807) is 0 Å². The van der Waals surface area contributed by atoms with Crippen molar-refractivity contribution < 1.29 is 13.0 Å². The van der Waals surface area contributed by atoms with E-state index in [2.05, 4.69) is 40.0 Å². The summed E-state index contributed by atoms with van der Waals surface area (Å²) < 4.78 is 33.1. The fraction of sp³-hybridized carbons (Fsp3) is 0.980. The number of aliphatic imine (C=N–C) groups is 1. The standard InChI is InChI=1S/C50H86N6O3S/c1-31-13-24-41-43(27-31)54-47(34-9-5-3-6-10-34)49(52-41)36-16-18-37(19-17-36)50-48(35-11-7-4-8-12-35)55-44-28-38(20-25-42(44)53-50)39-21-26-46-45(29-39)51-32(2)56(46)30-33-14-22-40(23-15-33)60(57,58)59/h31,33-50,52-55H,3-30H2,1-2H3,(H,57,58,59). The molecule has 0 spiro atoms. The van der Waals surface area contributed by atoms with E-state index < -0.39 is 15.4 Å². The fourth-order valence-corrected chi connectivity index (χ4v) is 17.4. The van der Waals surface area contributed by atoms with Gasteiger partial charge in [0.05, 0.1) is 23.2 Å². The lowest BCUT2D eigenvalue weighted by Crippen LogP contribution is -2.72. The second-order valence-corrected chi connectivity index (χ2v) is 25.0. The number of nitrogens with one attached hydrogen (secondary N) is 4. The summed E-state index contributed by atoms with van der Waals surface area (Å²) in [6, 6.07) is 6.21. The van der Waals surface area contributed by atoms with Crippen LogP contribution in [-0.4, -0.2) is 95.9 Å². The Morgan fingerprint density at radius 3 is 1.57 bits per heavy atom. The SMILES string of the molecule is CC1=NC2CC(C3CCC4NC(C5CCC(C6NC7CCC(C)CC7NC6C6CCCCC6)CC5)C(C5CCCCC5)NC4C3)CCC2N1CC1CCC(S(=O)(=O)O)CC1. The van der Waals surface area contributed by atoms with Gasteiger partial charge in [0.15, 0.2) is 0 Å². The molecule has 2 saturated heterocycles. The highest BCUT2D eigenvalue weighted by Crippen LogP contribution is 2.47. The Kier molecular flexibility index (Phi) is 13.4. The van der Waals surface area contributed by atoms with Gasteiger partial charge in [0.1, 0.15) is 0 Å². The number of amidine groups is 1. The number of fused-ring (bicyclic) bond motifs is 3. The fourth-order valence-electron chi connectivity index (χ4n) is 16.6. The molecule has 0 aromatic rings. The number of piperazine rings is 2. The normalized spacial score (nSPS) is 47.5. The largest absolute Gasteiger partial charge is 0.355 e. The molecular formula is C50H86N6O3S. The van der Waals surface area contributed by atoms with E-state index in [0.717, 1.165) is 60.8 Å². The summed E-state index contributed by atoms with van der Waals surface area (Å²) in [6.07, 6.45) is 35.0. The van der Waals surface area contributed by atoms with Gasteiger partial charge in [-0.1, -0.05) is 45.4 Å². The van der Waals surface area contributed by atoms with Gasteiger partial charge in [0, 0.05) is 54.9 Å². The zero-order valence-electron chi connectivity index (χ0n) is 37.8. The maximum atomic E-state index is 11.7. The first-order valence-corrected chi connectivity index (χ1v) is 28.0. The average molecular weight is 851 g/mol. The third-order valence-corrected chi connectivity index (χ3v) is 21.2. The van der Waals surface area contributed by atoms with Gasteiger partial charge in [-0.3, -0.25) is 9.55 Å². The molecule has 9 fully saturated rings. The summed E-state index contributed by atoms with van der Waals surface area (Å²) in [4.78, 5) is 7.93. The molecule has 0 aromatic heterocycles. The molecule has 10 rings (SSSR count). The quantitative estimate of drug-likeness (QED) is 0.154. The van der Waals surface area contributed by atoms with Crippen molar-refractivity contribution >= 4 is 16.0 Å². The van der Waals surface area contributed by atoms with Crippen LogP contribution < -0.4 is 21.3 Å². The average Bonchev–Trinajstić information content (AvgIpc) is 3.59. The summed E-state index contributed by atoms with van der Waals surface area (Å²) in [5, 5.41) is 17.3. The third-order valence-electron chi connectivity index (χ3n) is 19.9. The molecule has 0 radical (unpaired) electrons. The molecule has 10 aliphatic rings. The summed E-state index contributed by atoms with van der Waals surface area (Å²) in [5.41, 5.74) is 0. The van der Waals surface area contributed by atoms with Gasteiger partial charge in [-0.15, -0.1) is 0 Å². The van der Waals surface area contributed by atoms with Crippen molar-refractivity contribution in [3.05, 3.63) is 0 Å². The Bertz CT molecular complexity index is 1570. The summed E-state index contributed by atoms with van der Waals surface area (Å²) in [6.45, 7) is 5.71. The lowest BCUT2D eigenvalue weighted by atomic mass is 9.65. The molecule has 3 aliphatic heterocycles. The van der Waals surface area contributed by atoms with Crippen LogP contribution in [0.4, 0.5) is 0 Å². The van der Waals surface area contributed by atoms with Crippen LogP contribution in [-0.2, 0) is 10.1 Å². The van der Waals surface area contributed by atoms with Gasteiger partial charge in [-0.05, 0) is 189 Å². The van der Waals surface area contributed by atoms with Crippen molar-refractivity contribution in [2.75, 3.05) is 6.54 Å². The molecule has 13 unspecified atom stereocenters. The van der Waals surface area contributed by atoms with Crippen LogP contribution in [0.2, 0.25) is 0 Å². The minimum absolute atomic E-state index is 0.424. The molecular weight excluding hydrogens is 765 g/mol. The van der Waals surface area contributed by atoms with Crippen LogP contribution in [0.3, 0.4) is 0 Å². The molecule has 0 aromatic carbocycles. The van der Waals surface area contributed by atoms with Crippen molar-refractivity contribution in [1.29, 1.82) is 0 Å². The van der Waals surface area contributed by atoms with Crippen LogP contribution >= 0.6 is 0 Å². The molecule has 0 bridgehead atoms. The molecule has 10 heteroatoms. The van der Waals surface area contributed by atoms with E-state index in [9.17, 15) is 13.0 Å². The van der Waals surface area contributed by atoms with Crippen LogP contribution in [0.5, 0.6) is 0 Å². The molecule has 7 aliphatic carbocycles. The van der Waals surface area contributed by atoms with Crippen molar-refractivity contribution in [2.45, 2.75) is 253 Å². The highest BCUT2D eigenvalue weighted by Gasteiger charge is 2.50. The molecule has 0 amide bonds. The van der Waals surface area contributed by atoms with Crippen molar-refractivity contribution in [3.8, 4) is 0 Å². The Labute approximate surface area is 365 Å². The molecule has 340 valence electrons. The molecule has 5 N–H and O–H groups in total. The first-order chi connectivity index (χ1) is 29.1. The number of hydrogen-bond acceptors (Lipinski definition) is 8. The minimum atomic E-state index is -3.91. The predicted molar refractivity (Wildman–Crippen MR) is 244 cm³/mol. The third kappa shape index (κ3) is 9.20. The van der Waals surface area contributed by atoms with E-state index in [1.807, 2.05) is 0 Å². The second-order valence-electron chi connectivity index (χ2n) is 23.4. The van der Waals surface area contributed by atoms with Gasteiger partial charge < -0.3 is 26.2 Å². The smallest absolute Gasteiger partial charge is 0.267 e. The number of rotatable bonds is 8. The maximum Gasteiger partial charge on any atom is 0.267 e. The lowest BCUT2D eigenvalue weighted by Gasteiger charge is -2.55. The predicted octanol–water partition coefficient (Wildman–Crippen LogP) is 8.63. The van der Waals surface area contributed by atoms with Crippen molar-refractivity contribution in [2.24, 2.45) is 52.3 Å². The highest BCUT2D eigenvalue weighted by molar-refractivity contribution is 7.86. The van der Waals surface area contributed by atoms with E-state index >= 15 is 0 Å². The Morgan fingerprint density at radius 1 is 0.533 bits per heavy atom. The van der Waals surface area contributed by atoms with Gasteiger partial charge in [0.25, 0.3) is 10.1 Å². The first-order valence-electron chi connectivity index (χ1n) is 26.5. The summed E-state index contributed by atoms with van der Waals surface area (Å²) in [5.74, 6) is 7.52. The molecule has 7 saturated carbocycles. The zero-order chi connectivity index (χ0) is 41.0. The van der Waals surface area contributed by atoms with E-state index in [1.165, 1.54) is 154 Å². The molecule has 13 atom stereocenters. The number of nitrogens with zero attached hydrogens (tertiary/aromatic N) is 2. The first kappa shape index (κ1) is 43.1. The topological polar surface area (TPSA) is 118 Å². The van der Waals surface area contributed by atoms with E-state index in [4.69, 9.17) is 4.99 Å². The van der Waals surface area contributed by atoms with E-state index in [-0.39, 0.29) is 0 Å². The molecule has 3 heterocycles. The lowest BCUT2D eigenvalue weighted by molar-refractivity contribution is 0.0305. The van der Waals surface area contributed by atoms with Gasteiger partial charge in [0.2, 0.25) is 0 Å². The summed E-state index contributed by atoms with van der Waals surface area (Å²) >= 11 is 0. The molecule has 9 nitrogen and oxygen atoms in total. The number of hydrogen-bond donors (Lipinski definition) is 5. The zero-order valence-corrected chi connectivity index (χ0v) is 38.7. The van der Waals surface area contributed by atoms with Crippen LogP contribution in [0.25, 0.3) is 0 Å². The Balaban J connectivity index is 0.756. The highest BCUT2D eigenvalue weighted by atomic mass is 32.2. The maximum absolute atomic E-state index is 11.7. The Hall–Kier alpha value is -0.780.